The van der Waals surface area contributed by atoms with Crippen molar-refractivity contribution in [3.8, 4) is 0 Å². The number of hydrogen-bond acceptors (Lipinski definition) is 4. The second-order valence-electron chi connectivity index (χ2n) is 5.92. The minimum atomic E-state index is -0.158. The zero-order valence-electron chi connectivity index (χ0n) is 14.5. The first-order valence-corrected chi connectivity index (χ1v) is 9.25. The lowest BCUT2D eigenvalue weighted by atomic mass is 10.2. The van der Waals surface area contributed by atoms with E-state index >= 15 is 0 Å². The van der Waals surface area contributed by atoms with Gasteiger partial charge in [-0.15, -0.1) is 0 Å². The number of nitrogens with zero attached hydrogens (tertiary/aromatic N) is 2. The van der Waals surface area contributed by atoms with E-state index in [-0.39, 0.29) is 5.91 Å². The lowest BCUT2D eigenvalue weighted by molar-refractivity contribution is 0.0951. The molecule has 0 bridgehead atoms. The maximum atomic E-state index is 12.4. The van der Waals surface area contributed by atoms with Crippen LogP contribution in [-0.2, 0) is 13.6 Å². The van der Waals surface area contributed by atoms with Crippen LogP contribution in [-0.4, -0.2) is 15.7 Å². The van der Waals surface area contributed by atoms with Gasteiger partial charge in [0.2, 0.25) is 0 Å². The largest absolute Gasteiger partial charge is 0.348 e. The molecule has 0 atom stereocenters. The van der Waals surface area contributed by atoms with Gasteiger partial charge in [-0.1, -0.05) is 29.3 Å². The molecule has 134 valence electrons. The Labute approximate surface area is 161 Å². The van der Waals surface area contributed by atoms with Gasteiger partial charge in [0.15, 0.2) is 0 Å². The highest BCUT2D eigenvalue weighted by Gasteiger charge is 2.10. The summed E-state index contributed by atoms with van der Waals surface area (Å²) in [5.41, 5.74) is 3.40. The van der Waals surface area contributed by atoms with Crippen LogP contribution in [0.2, 0.25) is 5.02 Å². The molecule has 26 heavy (non-hydrogen) atoms. The van der Waals surface area contributed by atoms with Crippen molar-refractivity contribution in [2.45, 2.75) is 18.4 Å². The molecular weight excluding hydrogens is 368 g/mol. The fraction of sp³-hybridized carbons (Fsp3) is 0.158. The number of nitrogens with one attached hydrogen (secondary N) is 2. The molecule has 5 nitrogen and oxygen atoms in total. The topological polar surface area (TPSA) is 59.0 Å². The molecule has 0 aliphatic rings. The standard InChI is InChI=1S/C19H19ClN4OS/c1-13-3-6-16(7-4-13)26-23-18-9-15(5-8-17(18)20)19(25)21-10-14-11-22-24(2)12-14/h3-9,11-12,23H,10H2,1-2H3,(H,21,25). The summed E-state index contributed by atoms with van der Waals surface area (Å²) >= 11 is 7.70. The van der Waals surface area contributed by atoms with Crippen molar-refractivity contribution >= 4 is 35.1 Å². The Morgan fingerprint density at radius 3 is 2.69 bits per heavy atom. The van der Waals surface area contributed by atoms with Crippen molar-refractivity contribution in [3.63, 3.8) is 0 Å². The van der Waals surface area contributed by atoms with Crippen molar-refractivity contribution in [3.05, 3.63) is 76.6 Å². The van der Waals surface area contributed by atoms with Crippen LogP contribution in [0.25, 0.3) is 0 Å². The fourth-order valence-corrected chi connectivity index (χ4v) is 3.20. The van der Waals surface area contributed by atoms with Crippen molar-refractivity contribution in [2.75, 3.05) is 4.72 Å². The third-order valence-corrected chi connectivity index (χ3v) is 4.90. The van der Waals surface area contributed by atoms with E-state index in [9.17, 15) is 4.79 Å². The van der Waals surface area contributed by atoms with E-state index in [0.29, 0.717) is 22.8 Å². The number of aromatic nitrogens is 2. The summed E-state index contributed by atoms with van der Waals surface area (Å²) in [6, 6.07) is 13.3. The third-order valence-electron chi connectivity index (χ3n) is 3.74. The average Bonchev–Trinajstić information content (AvgIpc) is 3.05. The molecular formula is C19H19ClN4OS. The predicted octanol–water partition coefficient (Wildman–Crippen LogP) is 4.43. The zero-order chi connectivity index (χ0) is 18.5. The van der Waals surface area contributed by atoms with Gasteiger partial charge in [-0.05, 0) is 49.2 Å². The number of halogens is 1. The van der Waals surface area contributed by atoms with Crippen LogP contribution in [0.5, 0.6) is 0 Å². The molecule has 0 saturated carbocycles. The molecule has 3 rings (SSSR count). The second kappa shape index (κ2) is 8.29. The average molecular weight is 387 g/mol. The molecule has 2 N–H and O–H groups in total. The van der Waals surface area contributed by atoms with E-state index in [1.54, 1.807) is 29.1 Å². The minimum Gasteiger partial charge on any atom is -0.348 e. The Morgan fingerprint density at radius 1 is 1.23 bits per heavy atom. The van der Waals surface area contributed by atoms with Crippen LogP contribution in [0.15, 0.2) is 59.8 Å². The van der Waals surface area contributed by atoms with Gasteiger partial charge in [0.1, 0.15) is 0 Å². The molecule has 1 amide bonds. The molecule has 1 heterocycles. The third kappa shape index (κ3) is 4.80. The Hall–Kier alpha value is -2.44. The molecule has 0 saturated heterocycles. The van der Waals surface area contributed by atoms with Crippen molar-refractivity contribution in [2.24, 2.45) is 7.05 Å². The van der Waals surface area contributed by atoms with Gasteiger partial charge in [0.05, 0.1) is 16.9 Å². The number of rotatable bonds is 6. The zero-order valence-corrected chi connectivity index (χ0v) is 16.1. The minimum absolute atomic E-state index is 0.158. The van der Waals surface area contributed by atoms with Crippen molar-refractivity contribution in [1.29, 1.82) is 0 Å². The summed E-state index contributed by atoms with van der Waals surface area (Å²) in [6.07, 6.45) is 3.60. The van der Waals surface area contributed by atoms with E-state index in [4.69, 9.17) is 11.6 Å². The predicted molar refractivity (Wildman–Crippen MR) is 106 cm³/mol. The lowest BCUT2D eigenvalue weighted by Gasteiger charge is -2.10. The lowest BCUT2D eigenvalue weighted by Crippen LogP contribution is -2.22. The van der Waals surface area contributed by atoms with E-state index in [2.05, 4.69) is 15.1 Å². The number of aryl methyl sites for hydroxylation is 2. The highest BCUT2D eigenvalue weighted by atomic mass is 35.5. The number of amides is 1. The number of carbonyl (C=O) groups is 1. The Bertz CT molecular complexity index is 908. The fourth-order valence-electron chi connectivity index (χ4n) is 2.31. The molecule has 2 aromatic carbocycles. The van der Waals surface area contributed by atoms with Gasteiger partial charge in [0.25, 0.3) is 5.91 Å². The summed E-state index contributed by atoms with van der Waals surface area (Å²) < 4.78 is 4.91. The molecule has 0 unspecified atom stereocenters. The molecule has 7 heteroatoms. The first kappa shape index (κ1) is 18.4. The molecule has 0 spiro atoms. The van der Waals surface area contributed by atoms with E-state index in [0.717, 1.165) is 10.5 Å². The maximum absolute atomic E-state index is 12.4. The Kier molecular flexibility index (Phi) is 5.85. The molecule has 0 radical (unpaired) electrons. The molecule has 1 aromatic heterocycles. The number of anilines is 1. The maximum Gasteiger partial charge on any atom is 0.251 e. The first-order chi connectivity index (χ1) is 12.5. The second-order valence-corrected chi connectivity index (χ2v) is 7.20. The quantitative estimate of drug-likeness (QED) is 0.615. The van der Waals surface area contributed by atoms with Gasteiger partial charge < -0.3 is 10.0 Å². The SMILES string of the molecule is Cc1ccc(SNc2cc(C(=O)NCc3cnn(C)c3)ccc2Cl)cc1. The highest BCUT2D eigenvalue weighted by molar-refractivity contribution is 8.00. The van der Waals surface area contributed by atoms with Gasteiger partial charge >= 0.3 is 0 Å². The molecule has 0 aliphatic heterocycles. The summed E-state index contributed by atoms with van der Waals surface area (Å²) in [7, 11) is 1.84. The van der Waals surface area contributed by atoms with Gasteiger partial charge in [-0.25, -0.2) is 0 Å². The van der Waals surface area contributed by atoms with Crippen LogP contribution in [0.4, 0.5) is 5.69 Å². The summed E-state index contributed by atoms with van der Waals surface area (Å²) in [5, 5.41) is 7.54. The van der Waals surface area contributed by atoms with Crippen LogP contribution < -0.4 is 10.0 Å². The van der Waals surface area contributed by atoms with Crippen molar-refractivity contribution < 1.29 is 4.79 Å². The van der Waals surface area contributed by atoms with Crippen LogP contribution in [0, 0.1) is 6.92 Å². The Balaban J connectivity index is 1.64. The summed E-state index contributed by atoms with van der Waals surface area (Å²) in [4.78, 5) is 13.5. The van der Waals surface area contributed by atoms with Gasteiger partial charge in [-0.2, -0.15) is 5.10 Å². The summed E-state index contributed by atoms with van der Waals surface area (Å²) in [5.74, 6) is -0.158. The van der Waals surface area contributed by atoms with E-state index in [1.165, 1.54) is 17.5 Å². The summed E-state index contributed by atoms with van der Waals surface area (Å²) in [6.45, 7) is 2.47. The van der Waals surface area contributed by atoms with Crippen LogP contribution in [0.3, 0.4) is 0 Å². The van der Waals surface area contributed by atoms with Gasteiger partial charge in [-0.3, -0.25) is 9.48 Å². The van der Waals surface area contributed by atoms with E-state index in [1.807, 2.05) is 44.4 Å². The number of benzene rings is 2. The molecule has 0 aliphatic carbocycles. The number of hydrogen-bond donors (Lipinski definition) is 2. The van der Waals surface area contributed by atoms with E-state index < -0.39 is 0 Å². The molecule has 3 aromatic rings. The normalized spacial score (nSPS) is 10.6. The van der Waals surface area contributed by atoms with Crippen LogP contribution >= 0.6 is 23.5 Å². The number of carbonyl (C=O) groups excluding carboxylic acids is 1. The molecule has 0 fully saturated rings. The van der Waals surface area contributed by atoms with Crippen LogP contribution in [0.1, 0.15) is 21.5 Å². The van der Waals surface area contributed by atoms with Crippen molar-refractivity contribution in [1.82, 2.24) is 15.1 Å². The highest BCUT2D eigenvalue weighted by Crippen LogP contribution is 2.28. The monoisotopic (exact) mass is 386 g/mol. The first-order valence-electron chi connectivity index (χ1n) is 8.06. The Morgan fingerprint density at radius 2 is 2.00 bits per heavy atom. The smallest absolute Gasteiger partial charge is 0.251 e. The van der Waals surface area contributed by atoms with Gasteiger partial charge in [0, 0.05) is 35.8 Å².